The molecule has 0 spiro atoms. The maximum absolute atomic E-state index is 10.6. The number of aliphatic carboxylic acids is 1. The lowest BCUT2D eigenvalue weighted by atomic mass is 10.1. The van der Waals surface area contributed by atoms with E-state index in [-0.39, 0.29) is 12.2 Å². The summed E-state index contributed by atoms with van der Waals surface area (Å²) < 4.78 is 0. The molecule has 0 amide bonds. The number of nitrogens with one attached hydrogen (secondary N) is 1. The molecule has 0 heterocycles. The van der Waals surface area contributed by atoms with E-state index >= 15 is 0 Å². The number of aryl methyl sites for hydroxylation is 2. The summed E-state index contributed by atoms with van der Waals surface area (Å²) in [5, 5.41) is 21.5. The summed E-state index contributed by atoms with van der Waals surface area (Å²) in [5.41, 5.74) is 3.25. The monoisotopic (exact) mass is 313 g/mol. The van der Waals surface area contributed by atoms with Crippen molar-refractivity contribution < 1.29 is 15.0 Å². The third-order valence-electron chi connectivity index (χ3n) is 3.77. The molecule has 0 aromatic heterocycles. The van der Waals surface area contributed by atoms with E-state index in [1.807, 2.05) is 36.4 Å². The molecule has 0 saturated carbocycles. The number of phenolic OH excluding ortho intramolecular Hbond substituents is 1. The number of benzene rings is 2. The fourth-order valence-corrected chi connectivity index (χ4v) is 2.47. The highest BCUT2D eigenvalue weighted by Gasteiger charge is 2.05. The molecule has 1 atom stereocenters. The third-order valence-corrected chi connectivity index (χ3v) is 3.77. The van der Waals surface area contributed by atoms with E-state index in [4.69, 9.17) is 5.11 Å². The lowest BCUT2D eigenvalue weighted by Crippen LogP contribution is -2.16. The second-order valence-electron chi connectivity index (χ2n) is 5.84. The molecule has 2 aromatic carbocycles. The number of hydrogen-bond donors (Lipinski definition) is 3. The molecule has 0 saturated heterocycles. The van der Waals surface area contributed by atoms with Crippen LogP contribution in [0.15, 0.2) is 48.5 Å². The van der Waals surface area contributed by atoms with Crippen LogP contribution in [0.2, 0.25) is 0 Å². The molecule has 0 aliphatic rings. The Morgan fingerprint density at radius 2 is 1.83 bits per heavy atom. The molecule has 3 N–H and O–H groups in total. The van der Waals surface area contributed by atoms with Crippen molar-refractivity contribution >= 4 is 11.7 Å². The summed E-state index contributed by atoms with van der Waals surface area (Å²) in [6, 6.07) is 15.5. The highest BCUT2D eigenvalue weighted by Crippen LogP contribution is 2.16. The Bertz CT molecular complexity index is 637. The molecular weight excluding hydrogens is 290 g/mol. The average molecular weight is 313 g/mol. The number of aromatic hydroxyl groups is 1. The van der Waals surface area contributed by atoms with Crippen molar-refractivity contribution in [3.05, 3.63) is 59.7 Å². The molecule has 0 aliphatic heterocycles. The number of rotatable bonds is 8. The Kier molecular flexibility index (Phi) is 6.03. The van der Waals surface area contributed by atoms with Gasteiger partial charge >= 0.3 is 5.97 Å². The van der Waals surface area contributed by atoms with Gasteiger partial charge in [0, 0.05) is 18.2 Å². The van der Waals surface area contributed by atoms with Crippen LogP contribution < -0.4 is 5.32 Å². The minimum Gasteiger partial charge on any atom is -0.508 e. The van der Waals surface area contributed by atoms with Crippen LogP contribution in [0.3, 0.4) is 0 Å². The van der Waals surface area contributed by atoms with Gasteiger partial charge in [0.2, 0.25) is 0 Å². The number of carboxylic acids is 1. The molecule has 23 heavy (non-hydrogen) atoms. The van der Waals surface area contributed by atoms with Gasteiger partial charge in [-0.3, -0.25) is 4.79 Å². The Morgan fingerprint density at radius 1 is 1.09 bits per heavy atom. The predicted molar refractivity (Wildman–Crippen MR) is 91.9 cm³/mol. The topological polar surface area (TPSA) is 69.6 Å². The number of phenols is 1. The van der Waals surface area contributed by atoms with Gasteiger partial charge in [0.25, 0.3) is 0 Å². The summed E-state index contributed by atoms with van der Waals surface area (Å²) in [6.45, 7) is 2.13. The Balaban J connectivity index is 1.84. The van der Waals surface area contributed by atoms with Crippen molar-refractivity contribution in [3.8, 4) is 5.75 Å². The molecule has 0 fully saturated rings. The van der Waals surface area contributed by atoms with E-state index in [1.165, 1.54) is 5.56 Å². The Labute approximate surface area is 136 Å². The van der Waals surface area contributed by atoms with Crippen LogP contribution in [0.4, 0.5) is 5.69 Å². The SMILES string of the molecule is CC(CCc1ccc(O)cc1)Nc1cccc(CCC(=O)O)c1. The number of carbonyl (C=O) groups is 1. The van der Waals surface area contributed by atoms with Crippen LogP contribution >= 0.6 is 0 Å². The summed E-state index contributed by atoms with van der Waals surface area (Å²) >= 11 is 0. The van der Waals surface area contributed by atoms with Crippen molar-refractivity contribution in [2.75, 3.05) is 5.32 Å². The smallest absolute Gasteiger partial charge is 0.303 e. The van der Waals surface area contributed by atoms with E-state index in [0.29, 0.717) is 12.5 Å². The van der Waals surface area contributed by atoms with Crippen molar-refractivity contribution in [2.24, 2.45) is 0 Å². The molecule has 0 aliphatic carbocycles. The van der Waals surface area contributed by atoms with Crippen LogP contribution in [0.1, 0.15) is 30.9 Å². The van der Waals surface area contributed by atoms with Gasteiger partial charge in [0.1, 0.15) is 5.75 Å². The van der Waals surface area contributed by atoms with E-state index in [2.05, 4.69) is 12.2 Å². The summed E-state index contributed by atoms with van der Waals surface area (Å²) in [5.74, 6) is -0.483. The van der Waals surface area contributed by atoms with E-state index < -0.39 is 5.97 Å². The molecule has 0 bridgehead atoms. The number of carboxylic acid groups (broad SMARTS) is 1. The zero-order valence-electron chi connectivity index (χ0n) is 13.3. The van der Waals surface area contributed by atoms with Crippen LogP contribution in [0, 0.1) is 0 Å². The highest BCUT2D eigenvalue weighted by molar-refractivity contribution is 5.67. The summed E-state index contributed by atoms with van der Waals surface area (Å²) in [7, 11) is 0. The first kappa shape index (κ1) is 16.9. The van der Waals surface area contributed by atoms with E-state index in [9.17, 15) is 9.90 Å². The van der Waals surface area contributed by atoms with Crippen molar-refractivity contribution in [1.29, 1.82) is 0 Å². The molecule has 4 heteroatoms. The van der Waals surface area contributed by atoms with Gasteiger partial charge in [-0.25, -0.2) is 0 Å². The molecule has 4 nitrogen and oxygen atoms in total. The van der Waals surface area contributed by atoms with Gasteiger partial charge in [-0.15, -0.1) is 0 Å². The van der Waals surface area contributed by atoms with Crippen molar-refractivity contribution in [3.63, 3.8) is 0 Å². The fourth-order valence-electron chi connectivity index (χ4n) is 2.47. The van der Waals surface area contributed by atoms with Gasteiger partial charge in [0.05, 0.1) is 0 Å². The first-order chi connectivity index (χ1) is 11.0. The average Bonchev–Trinajstić information content (AvgIpc) is 2.53. The Morgan fingerprint density at radius 3 is 2.52 bits per heavy atom. The first-order valence-corrected chi connectivity index (χ1v) is 7.88. The summed E-state index contributed by atoms with van der Waals surface area (Å²) in [6.07, 6.45) is 2.61. The zero-order chi connectivity index (χ0) is 16.7. The van der Waals surface area contributed by atoms with Crippen LogP contribution in [0.25, 0.3) is 0 Å². The standard InChI is InChI=1S/C19H23NO3/c1-14(5-6-15-7-10-18(21)11-8-15)20-17-4-2-3-16(13-17)9-12-19(22)23/h2-4,7-8,10-11,13-14,20-21H,5-6,9,12H2,1H3,(H,22,23). The van der Waals surface area contributed by atoms with E-state index in [0.717, 1.165) is 24.1 Å². The van der Waals surface area contributed by atoms with Gasteiger partial charge in [-0.1, -0.05) is 24.3 Å². The lowest BCUT2D eigenvalue weighted by molar-refractivity contribution is -0.136. The molecule has 1 unspecified atom stereocenters. The summed E-state index contributed by atoms with van der Waals surface area (Å²) in [4.78, 5) is 10.6. The van der Waals surface area contributed by atoms with Crippen molar-refractivity contribution in [2.45, 2.75) is 38.6 Å². The highest BCUT2D eigenvalue weighted by atomic mass is 16.4. The maximum Gasteiger partial charge on any atom is 0.303 e. The lowest BCUT2D eigenvalue weighted by Gasteiger charge is -2.16. The van der Waals surface area contributed by atoms with Gasteiger partial charge in [-0.05, 0) is 61.6 Å². The normalized spacial score (nSPS) is 11.9. The second kappa shape index (κ2) is 8.22. The molecule has 2 aromatic rings. The third kappa shape index (κ3) is 6.02. The van der Waals surface area contributed by atoms with Crippen LogP contribution in [0.5, 0.6) is 5.75 Å². The predicted octanol–water partition coefficient (Wildman–Crippen LogP) is 3.84. The van der Waals surface area contributed by atoms with Gasteiger partial charge in [0.15, 0.2) is 0 Å². The quantitative estimate of drug-likeness (QED) is 0.692. The molecule has 122 valence electrons. The van der Waals surface area contributed by atoms with Crippen LogP contribution in [-0.2, 0) is 17.6 Å². The van der Waals surface area contributed by atoms with Gasteiger partial charge in [-0.2, -0.15) is 0 Å². The minimum atomic E-state index is -0.773. The number of anilines is 1. The fraction of sp³-hybridized carbons (Fsp3) is 0.316. The molecule has 0 radical (unpaired) electrons. The second-order valence-corrected chi connectivity index (χ2v) is 5.84. The minimum absolute atomic E-state index is 0.153. The number of hydrogen-bond acceptors (Lipinski definition) is 3. The molecule has 2 rings (SSSR count). The Hall–Kier alpha value is -2.49. The van der Waals surface area contributed by atoms with E-state index in [1.54, 1.807) is 12.1 Å². The van der Waals surface area contributed by atoms with Gasteiger partial charge < -0.3 is 15.5 Å². The van der Waals surface area contributed by atoms with Crippen LogP contribution in [-0.4, -0.2) is 22.2 Å². The van der Waals surface area contributed by atoms with Crippen molar-refractivity contribution in [1.82, 2.24) is 0 Å². The maximum atomic E-state index is 10.6. The molecular formula is C19H23NO3. The first-order valence-electron chi connectivity index (χ1n) is 7.88. The zero-order valence-corrected chi connectivity index (χ0v) is 13.3. The largest absolute Gasteiger partial charge is 0.508 e.